The molecule has 0 saturated carbocycles. The first-order valence-corrected chi connectivity index (χ1v) is 9.27. The van der Waals surface area contributed by atoms with Crippen molar-refractivity contribution >= 4 is 11.6 Å². The maximum absolute atomic E-state index is 12.7. The maximum atomic E-state index is 12.7. The van der Waals surface area contributed by atoms with Crippen LogP contribution in [0.3, 0.4) is 0 Å². The van der Waals surface area contributed by atoms with E-state index in [2.05, 4.69) is 17.4 Å². The Morgan fingerprint density at radius 1 is 0.889 bits per heavy atom. The Morgan fingerprint density at radius 3 is 2.22 bits per heavy atom. The largest absolute Gasteiger partial charge is 0.481 e. The van der Waals surface area contributed by atoms with Gasteiger partial charge in [-0.05, 0) is 60.7 Å². The van der Waals surface area contributed by atoms with Gasteiger partial charge in [0, 0.05) is 5.69 Å². The second-order valence-corrected chi connectivity index (χ2v) is 6.64. The zero-order valence-electron chi connectivity index (χ0n) is 16.0. The van der Waals surface area contributed by atoms with E-state index in [0.29, 0.717) is 12.2 Å². The Bertz CT molecular complexity index is 901. The van der Waals surface area contributed by atoms with Crippen LogP contribution >= 0.6 is 0 Å². The van der Waals surface area contributed by atoms with Gasteiger partial charge in [-0.25, -0.2) is 0 Å². The van der Waals surface area contributed by atoms with Crippen LogP contribution in [0.4, 0.5) is 5.69 Å². The van der Waals surface area contributed by atoms with Crippen molar-refractivity contribution in [1.82, 2.24) is 0 Å². The standard InChI is InChI=1S/C24H25NO2/c1-4-23(24(26)25-22-12-8-9-17(2)18(22)3)27-21-15-13-20(14-16-21)19-10-6-5-7-11-19/h5-16,23H,4H2,1-3H3,(H,25,26). The van der Waals surface area contributed by atoms with Crippen LogP contribution in [0.2, 0.25) is 0 Å². The summed E-state index contributed by atoms with van der Waals surface area (Å²) in [6.45, 7) is 5.99. The molecule has 0 spiro atoms. The van der Waals surface area contributed by atoms with Gasteiger partial charge in [-0.2, -0.15) is 0 Å². The van der Waals surface area contributed by atoms with E-state index in [4.69, 9.17) is 4.74 Å². The average Bonchev–Trinajstić information content (AvgIpc) is 2.70. The summed E-state index contributed by atoms with van der Waals surface area (Å²) >= 11 is 0. The topological polar surface area (TPSA) is 38.3 Å². The van der Waals surface area contributed by atoms with Crippen molar-refractivity contribution in [1.29, 1.82) is 0 Å². The predicted molar refractivity (Wildman–Crippen MR) is 111 cm³/mol. The maximum Gasteiger partial charge on any atom is 0.265 e. The minimum absolute atomic E-state index is 0.127. The molecule has 1 unspecified atom stereocenters. The molecule has 0 saturated heterocycles. The van der Waals surface area contributed by atoms with Crippen molar-refractivity contribution in [3.63, 3.8) is 0 Å². The summed E-state index contributed by atoms with van der Waals surface area (Å²) in [7, 11) is 0. The molecule has 0 aliphatic carbocycles. The molecule has 3 aromatic rings. The summed E-state index contributed by atoms with van der Waals surface area (Å²) < 4.78 is 5.95. The van der Waals surface area contributed by atoms with E-state index in [-0.39, 0.29) is 5.91 Å². The minimum Gasteiger partial charge on any atom is -0.481 e. The fourth-order valence-corrected chi connectivity index (χ4v) is 2.94. The van der Waals surface area contributed by atoms with Crippen LogP contribution in [-0.2, 0) is 4.79 Å². The molecule has 0 aliphatic heterocycles. The van der Waals surface area contributed by atoms with Gasteiger partial charge in [0.15, 0.2) is 6.10 Å². The van der Waals surface area contributed by atoms with Crippen molar-refractivity contribution < 1.29 is 9.53 Å². The van der Waals surface area contributed by atoms with E-state index in [9.17, 15) is 4.79 Å². The number of hydrogen-bond donors (Lipinski definition) is 1. The number of carbonyl (C=O) groups is 1. The summed E-state index contributed by atoms with van der Waals surface area (Å²) in [6.07, 6.45) is 0.0596. The van der Waals surface area contributed by atoms with Gasteiger partial charge in [0.25, 0.3) is 5.91 Å². The molecule has 3 aromatic carbocycles. The highest BCUT2D eigenvalue weighted by Crippen LogP contribution is 2.24. The average molecular weight is 359 g/mol. The van der Waals surface area contributed by atoms with Crippen molar-refractivity contribution in [2.45, 2.75) is 33.3 Å². The lowest BCUT2D eigenvalue weighted by atomic mass is 10.1. The van der Waals surface area contributed by atoms with Crippen LogP contribution < -0.4 is 10.1 Å². The second kappa shape index (κ2) is 8.54. The van der Waals surface area contributed by atoms with Crippen LogP contribution in [0, 0.1) is 13.8 Å². The molecule has 0 bridgehead atoms. The summed E-state index contributed by atoms with van der Waals surface area (Å²) in [5.74, 6) is 0.566. The van der Waals surface area contributed by atoms with E-state index in [1.54, 1.807) is 0 Å². The SMILES string of the molecule is CCC(Oc1ccc(-c2ccccc2)cc1)C(=O)Nc1cccc(C)c1C. The van der Waals surface area contributed by atoms with E-state index in [0.717, 1.165) is 27.9 Å². The quantitative estimate of drug-likeness (QED) is 0.607. The molecule has 0 fully saturated rings. The van der Waals surface area contributed by atoms with Crippen molar-refractivity contribution in [3.05, 3.63) is 83.9 Å². The third kappa shape index (κ3) is 4.56. The molecule has 3 rings (SSSR count). The molecule has 27 heavy (non-hydrogen) atoms. The Labute approximate surface area is 161 Å². The first kappa shape index (κ1) is 18.7. The minimum atomic E-state index is -0.535. The van der Waals surface area contributed by atoms with E-state index in [1.807, 2.05) is 81.4 Å². The molecule has 138 valence electrons. The molecule has 3 nitrogen and oxygen atoms in total. The molecule has 3 heteroatoms. The van der Waals surface area contributed by atoms with Gasteiger partial charge in [-0.1, -0.05) is 61.5 Å². The van der Waals surface area contributed by atoms with Crippen molar-refractivity contribution in [2.24, 2.45) is 0 Å². The highest BCUT2D eigenvalue weighted by molar-refractivity contribution is 5.95. The number of benzene rings is 3. The fraction of sp³-hybridized carbons (Fsp3) is 0.208. The van der Waals surface area contributed by atoms with Gasteiger partial charge >= 0.3 is 0 Å². The lowest BCUT2D eigenvalue weighted by Crippen LogP contribution is -2.32. The smallest absolute Gasteiger partial charge is 0.265 e. The molecule has 0 heterocycles. The zero-order chi connectivity index (χ0) is 19.2. The number of amides is 1. The van der Waals surface area contributed by atoms with Gasteiger partial charge in [0.2, 0.25) is 0 Å². The van der Waals surface area contributed by atoms with Crippen LogP contribution in [0.15, 0.2) is 72.8 Å². The predicted octanol–water partition coefficient (Wildman–Crippen LogP) is 5.77. The van der Waals surface area contributed by atoms with Crippen LogP contribution in [0.1, 0.15) is 24.5 Å². The number of rotatable bonds is 6. The first-order chi connectivity index (χ1) is 13.1. The number of carbonyl (C=O) groups excluding carboxylic acids is 1. The highest BCUT2D eigenvalue weighted by atomic mass is 16.5. The molecule has 0 aromatic heterocycles. The summed E-state index contributed by atoms with van der Waals surface area (Å²) in [6, 6.07) is 23.9. The molecular formula is C24H25NO2. The summed E-state index contributed by atoms with van der Waals surface area (Å²) in [5.41, 5.74) is 5.34. The van der Waals surface area contributed by atoms with Gasteiger partial charge in [0.1, 0.15) is 5.75 Å². The van der Waals surface area contributed by atoms with Gasteiger partial charge in [-0.3, -0.25) is 4.79 Å². The number of aryl methyl sites for hydroxylation is 1. The Kier molecular flexibility index (Phi) is 5.92. The molecule has 0 radical (unpaired) electrons. The van der Waals surface area contributed by atoms with Crippen LogP contribution in [0.25, 0.3) is 11.1 Å². The highest BCUT2D eigenvalue weighted by Gasteiger charge is 2.19. The third-order valence-corrected chi connectivity index (χ3v) is 4.77. The number of anilines is 1. The number of ether oxygens (including phenoxy) is 1. The van der Waals surface area contributed by atoms with Crippen molar-refractivity contribution in [2.75, 3.05) is 5.32 Å². The van der Waals surface area contributed by atoms with E-state index < -0.39 is 6.10 Å². The first-order valence-electron chi connectivity index (χ1n) is 9.27. The molecular weight excluding hydrogens is 334 g/mol. The normalized spacial score (nSPS) is 11.7. The number of hydrogen-bond acceptors (Lipinski definition) is 2. The van der Waals surface area contributed by atoms with Crippen molar-refractivity contribution in [3.8, 4) is 16.9 Å². The molecule has 1 atom stereocenters. The van der Waals surface area contributed by atoms with Crippen LogP contribution in [-0.4, -0.2) is 12.0 Å². The summed E-state index contributed by atoms with van der Waals surface area (Å²) in [4.78, 5) is 12.7. The number of nitrogens with one attached hydrogen (secondary N) is 1. The van der Waals surface area contributed by atoms with Crippen LogP contribution in [0.5, 0.6) is 5.75 Å². The third-order valence-electron chi connectivity index (χ3n) is 4.77. The lowest BCUT2D eigenvalue weighted by molar-refractivity contribution is -0.122. The van der Waals surface area contributed by atoms with E-state index >= 15 is 0 Å². The molecule has 0 aliphatic rings. The molecule has 1 amide bonds. The fourth-order valence-electron chi connectivity index (χ4n) is 2.94. The van der Waals surface area contributed by atoms with Gasteiger partial charge < -0.3 is 10.1 Å². The monoisotopic (exact) mass is 359 g/mol. The zero-order valence-corrected chi connectivity index (χ0v) is 16.0. The second-order valence-electron chi connectivity index (χ2n) is 6.64. The molecule has 1 N–H and O–H groups in total. The Morgan fingerprint density at radius 2 is 1.56 bits per heavy atom. The Balaban J connectivity index is 1.69. The van der Waals surface area contributed by atoms with Gasteiger partial charge in [0.05, 0.1) is 0 Å². The lowest BCUT2D eigenvalue weighted by Gasteiger charge is -2.19. The summed E-state index contributed by atoms with van der Waals surface area (Å²) in [5, 5.41) is 3.00. The van der Waals surface area contributed by atoms with Gasteiger partial charge in [-0.15, -0.1) is 0 Å². The Hall–Kier alpha value is -3.07. The van der Waals surface area contributed by atoms with E-state index in [1.165, 1.54) is 0 Å².